The van der Waals surface area contributed by atoms with Gasteiger partial charge in [0.1, 0.15) is 0 Å². The molecule has 0 bridgehead atoms. The predicted octanol–water partition coefficient (Wildman–Crippen LogP) is 1.85. The van der Waals surface area contributed by atoms with E-state index in [4.69, 9.17) is 11.6 Å². The summed E-state index contributed by atoms with van der Waals surface area (Å²) < 4.78 is 64.5. The number of benzene rings is 1. The van der Waals surface area contributed by atoms with Gasteiger partial charge in [0.15, 0.2) is 0 Å². The number of carbonyl (C=O) groups excluding carboxylic acids is 1. The summed E-state index contributed by atoms with van der Waals surface area (Å²) >= 11 is 5.85. The number of nitrogens with one attached hydrogen (secondary N) is 2. The Morgan fingerprint density at radius 2 is 1.85 bits per heavy atom. The summed E-state index contributed by atoms with van der Waals surface area (Å²) in [6.45, 7) is 0.886. The van der Waals surface area contributed by atoms with Crippen LogP contribution in [0.3, 0.4) is 0 Å². The van der Waals surface area contributed by atoms with Gasteiger partial charge in [-0.25, -0.2) is 13.1 Å². The van der Waals surface area contributed by atoms with Crippen molar-refractivity contribution in [3.63, 3.8) is 0 Å². The van der Waals surface area contributed by atoms with E-state index in [1.54, 1.807) is 19.0 Å². The monoisotopic (exact) mass is 453 g/mol. The molecule has 0 unspecified atom stereocenters. The smallest absolute Gasteiger partial charge is 0.373 e. The van der Waals surface area contributed by atoms with Crippen molar-refractivity contribution in [3.8, 4) is 0 Å². The van der Waals surface area contributed by atoms with Crippen LogP contribution < -0.4 is 10.0 Å². The van der Waals surface area contributed by atoms with Crippen LogP contribution in [0, 0.1) is 0 Å². The van der Waals surface area contributed by atoms with Crippen molar-refractivity contribution in [2.75, 3.05) is 32.5 Å². The second-order valence-corrected chi connectivity index (χ2v) is 8.04. The van der Waals surface area contributed by atoms with Gasteiger partial charge in [0.05, 0.1) is 15.6 Å². The Labute approximate surface area is 166 Å². The molecule has 0 saturated heterocycles. The summed E-state index contributed by atoms with van der Waals surface area (Å²) in [4.78, 5) is 13.2. The minimum Gasteiger partial charge on any atom is -0.373 e. The third kappa shape index (κ3) is 6.77. The molecule has 0 fully saturated rings. The molecule has 3 N–H and O–H groups in total. The van der Waals surface area contributed by atoms with Gasteiger partial charge in [-0.15, -0.1) is 12.4 Å². The molecule has 156 valence electrons. The van der Waals surface area contributed by atoms with Crippen LogP contribution in [0.2, 0.25) is 5.02 Å². The molecule has 0 spiro atoms. The third-order valence-electron chi connectivity index (χ3n) is 3.34. The Balaban J connectivity index is 0.00000676. The number of anilines is 1. The summed E-state index contributed by atoms with van der Waals surface area (Å²) in [5.41, 5.74) is -3.90. The van der Waals surface area contributed by atoms with E-state index in [0.29, 0.717) is 13.5 Å². The first-order chi connectivity index (χ1) is 11.7. The second kappa shape index (κ2) is 9.39. The number of rotatable bonds is 7. The van der Waals surface area contributed by atoms with Crippen molar-refractivity contribution in [2.45, 2.75) is 23.6 Å². The van der Waals surface area contributed by atoms with Crippen LogP contribution in [0.15, 0.2) is 23.1 Å². The lowest BCUT2D eigenvalue weighted by Gasteiger charge is -2.25. The minimum absolute atomic E-state index is 0. The second-order valence-electron chi connectivity index (χ2n) is 5.87. The van der Waals surface area contributed by atoms with Crippen molar-refractivity contribution in [2.24, 2.45) is 0 Å². The highest BCUT2D eigenvalue weighted by Crippen LogP contribution is 2.32. The number of amides is 1. The Hall–Kier alpha value is -1.11. The topological polar surface area (TPSA) is 98.7 Å². The zero-order chi connectivity index (χ0) is 20.3. The maximum Gasteiger partial charge on any atom is 0.426 e. The van der Waals surface area contributed by atoms with Gasteiger partial charge in [0.25, 0.3) is 5.91 Å². The average Bonchev–Trinajstić information content (AvgIpc) is 2.47. The third-order valence-corrected chi connectivity index (χ3v) is 5.12. The van der Waals surface area contributed by atoms with Crippen LogP contribution in [0.25, 0.3) is 0 Å². The van der Waals surface area contributed by atoms with Crippen LogP contribution in [-0.4, -0.2) is 63.3 Å². The van der Waals surface area contributed by atoms with Crippen LogP contribution in [0.4, 0.5) is 18.9 Å². The number of nitrogens with zero attached hydrogens (tertiary/aromatic N) is 1. The van der Waals surface area contributed by atoms with Gasteiger partial charge in [-0.1, -0.05) is 11.6 Å². The number of sulfonamides is 1. The van der Waals surface area contributed by atoms with E-state index in [1.165, 1.54) is 0 Å². The fourth-order valence-corrected chi connectivity index (χ4v) is 2.96. The van der Waals surface area contributed by atoms with Gasteiger partial charge in [-0.2, -0.15) is 13.2 Å². The van der Waals surface area contributed by atoms with Crippen molar-refractivity contribution >= 4 is 45.6 Å². The molecule has 0 aliphatic carbocycles. The van der Waals surface area contributed by atoms with Crippen LogP contribution in [0.1, 0.15) is 6.92 Å². The van der Waals surface area contributed by atoms with Gasteiger partial charge >= 0.3 is 6.18 Å². The molecule has 27 heavy (non-hydrogen) atoms. The SMILES string of the molecule is CN(C)CCNS(=O)(=O)c1ccc(NC(=O)[C@@](C)(O)C(F)(F)F)c(Cl)c1.Cl. The highest BCUT2D eigenvalue weighted by molar-refractivity contribution is 7.89. The zero-order valence-corrected chi connectivity index (χ0v) is 17.0. The molecule has 0 saturated carbocycles. The first-order valence-electron chi connectivity index (χ1n) is 7.23. The predicted molar refractivity (Wildman–Crippen MR) is 97.8 cm³/mol. The van der Waals surface area contributed by atoms with Gasteiger partial charge in [-0.3, -0.25) is 4.79 Å². The molecule has 1 amide bonds. The van der Waals surface area contributed by atoms with Gasteiger partial charge in [0.2, 0.25) is 15.6 Å². The number of aliphatic hydroxyl groups is 1. The number of hydrogen-bond donors (Lipinski definition) is 3. The molecular formula is C14H20Cl2F3N3O4S. The van der Waals surface area contributed by atoms with Crippen LogP contribution in [0.5, 0.6) is 0 Å². The lowest BCUT2D eigenvalue weighted by atomic mass is 10.1. The number of hydrogen-bond acceptors (Lipinski definition) is 5. The summed E-state index contributed by atoms with van der Waals surface area (Å²) in [5, 5.41) is 10.8. The van der Waals surface area contributed by atoms with Crippen molar-refractivity contribution in [1.82, 2.24) is 9.62 Å². The van der Waals surface area contributed by atoms with Gasteiger partial charge in [0, 0.05) is 13.1 Å². The minimum atomic E-state index is -5.19. The highest BCUT2D eigenvalue weighted by Gasteiger charge is 2.55. The Morgan fingerprint density at radius 1 is 1.30 bits per heavy atom. The average molecular weight is 454 g/mol. The molecule has 0 aliphatic heterocycles. The Bertz CT molecular complexity index is 771. The molecular weight excluding hydrogens is 434 g/mol. The lowest BCUT2D eigenvalue weighted by Crippen LogP contribution is -2.52. The maximum absolute atomic E-state index is 12.6. The van der Waals surface area contributed by atoms with E-state index in [0.717, 1.165) is 18.2 Å². The molecule has 0 radical (unpaired) electrons. The van der Waals surface area contributed by atoms with E-state index in [9.17, 15) is 31.5 Å². The van der Waals surface area contributed by atoms with Crippen molar-refractivity contribution in [1.29, 1.82) is 0 Å². The number of alkyl halides is 3. The molecule has 1 atom stereocenters. The highest BCUT2D eigenvalue weighted by atomic mass is 35.5. The molecule has 13 heteroatoms. The number of likely N-dealkylation sites (N-methyl/N-ethyl adjacent to an activating group) is 1. The number of carbonyl (C=O) groups is 1. The van der Waals surface area contributed by atoms with E-state index in [-0.39, 0.29) is 34.6 Å². The van der Waals surface area contributed by atoms with E-state index in [1.807, 2.05) is 5.32 Å². The quantitative estimate of drug-likeness (QED) is 0.585. The molecule has 1 aromatic rings. The van der Waals surface area contributed by atoms with Crippen molar-refractivity contribution in [3.05, 3.63) is 23.2 Å². The first-order valence-corrected chi connectivity index (χ1v) is 9.09. The van der Waals surface area contributed by atoms with Gasteiger partial charge in [-0.05, 0) is 39.2 Å². The molecule has 7 nitrogen and oxygen atoms in total. The summed E-state index contributed by atoms with van der Waals surface area (Å²) in [6, 6.07) is 3.09. The standard InChI is InChI=1S/C14H19ClF3N3O4S.ClH/c1-13(23,14(16,17)18)12(22)20-11-5-4-9(8-10(11)15)26(24,25)19-6-7-21(2)3;/h4-5,8,19,23H,6-7H2,1-3H3,(H,20,22);1H/t13-;/m1./s1. The summed E-state index contributed by atoms with van der Waals surface area (Å²) in [5.74, 6) is -1.74. The van der Waals surface area contributed by atoms with Gasteiger partial charge < -0.3 is 15.3 Å². The molecule has 0 aromatic heterocycles. The summed E-state index contributed by atoms with van der Waals surface area (Å²) in [7, 11) is -0.354. The normalized spacial score (nSPS) is 14.4. The van der Waals surface area contributed by atoms with E-state index < -0.39 is 27.7 Å². The molecule has 1 aromatic carbocycles. The van der Waals surface area contributed by atoms with Crippen LogP contribution in [-0.2, 0) is 14.8 Å². The van der Waals surface area contributed by atoms with Crippen LogP contribution >= 0.6 is 24.0 Å². The van der Waals surface area contributed by atoms with E-state index in [2.05, 4.69) is 4.72 Å². The Morgan fingerprint density at radius 3 is 2.30 bits per heavy atom. The molecule has 1 rings (SSSR count). The van der Waals surface area contributed by atoms with E-state index >= 15 is 0 Å². The Kier molecular flexibility index (Phi) is 9.01. The number of halogens is 5. The largest absolute Gasteiger partial charge is 0.426 e. The zero-order valence-electron chi connectivity index (χ0n) is 14.6. The summed E-state index contributed by atoms with van der Waals surface area (Å²) in [6.07, 6.45) is -5.19. The lowest BCUT2D eigenvalue weighted by molar-refractivity contribution is -0.242. The fourth-order valence-electron chi connectivity index (χ4n) is 1.62. The maximum atomic E-state index is 12.6. The molecule has 0 aliphatic rings. The molecule has 0 heterocycles. The fraction of sp³-hybridized carbons (Fsp3) is 0.500. The first kappa shape index (κ1) is 25.9. The van der Waals surface area contributed by atoms with Crippen molar-refractivity contribution < 1.29 is 31.5 Å².